The molecule has 0 saturated carbocycles. The van der Waals surface area contributed by atoms with Crippen molar-refractivity contribution in [3.8, 4) is 0 Å². The van der Waals surface area contributed by atoms with Gasteiger partial charge in [0, 0.05) is 0 Å². The smallest absolute Gasteiger partial charge is 0.123 e. The molecule has 88 valence electrons. The van der Waals surface area contributed by atoms with Crippen molar-refractivity contribution in [2.75, 3.05) is 13.1 Å². The molecule has 0 atom stereocenters. The molecular formula is C14H20FN. The van der Waals surface area contributed by atoms with Crippen LogP contribution in [0, 0.1) is 12.7 Å². The van der Waals surface area contributed by atoms with Gasteiger partial charge in [-0.25, -0.2) is 4.39 Å². The maximum Gasteiger partial charge on any atom is 0.123 e. The van der Waals surface area contributed by atoms with Crippen LogP contribution in [-0.4, -0.2) is 13.1 Å². The van der Waals surface area contributed by atoms with E-state index in [4.69, 9.17) is 0 Å². The maximum atomic E-state index is 13.0. The Labute approximate surface area is 97.4 Å². The third kappa shape index (κ3) is 4.58. The molecule has 0 aliphatic rings. The van der Waals surface area contributed by atoms with Gasteiger partial charge in [0.05, 0.1) is 0 Å². The number of hydrogen-bond donors (Lipinski definition) is 1. The summed E-state index contributed by atoms with van der Waals surface area (Å²) in [7, 11) is 0. The highest BCUT2D eigenvalue weighted by molar-refractivity contribution is 5.28. The summed E-state index contributed by atoms with van der Waals surface area (Å²) in [4.78, 5) is 0. The van der Waals surface area contributed by atoms with E-state index in [0.29, 0.717) is 0 Å². The summed E-state index contributed by atoms with van der Waals surface area (Å²) in [6.07, 6.45) is 6.10. The van der Waals surface area contributed by atoms with Crippen molar-refractivity contribution in [2.45, 2.75) is 26.7 Å². The molecule has 0 fully saturated rings. The predicted molar refractivity (Wildman–Crippen MR) is 67.1 cm³/mol. The Hall–Kier alpha value is -1.15. The lowest BCUT2D eigenvalue weighted by Gasteiger charge is -2.02. The molecule has 0 bridgehead atoms. The summed E-state index contributed by atoms with van der Waals surface area (Å²) in [6.45, 7) is 6.13. The number of nitrogens with one attached hydrogen (secondary N) is 1. The molecule has 0 amide bonds. The zero-order valence-corrected chi connectivity index (χ0v) is 10.1. The number of benzene rings is 1. The van der Waals surface area contributed by atoms with Crippen LogP contribution in [0.15, 0.2) is 30.4 Å². The van der Waals surface area contributed by atoms with Crippen LogP contribution in [0.1, 0.15) is 24.5 Å². The van der Waals surface area contributed by atoms with Gasteiger partial charge in [0.25, 0.3) is 0 Å². The first-order chi connectivity index (χ1) is 7.74. The molecule has 1 rings (SSSR count). The van der Waals surface area contributed by atoms with E-state index in [1.54, 1.807) is 6.07 Å². The van der Waals surface area contributed by atoms with Gasteiger partial charge in [-0.2, -0.15) is 0 Å². The summed E-state index contributed by atoms with van der Waals surface area (Å²) >= 11 is 0. The van der Waals surface area contributed by atoms with Gasteiger partial charge in [-0.3, -0.25) is 0 Å². The number of aryl methyl sites for hydroxylation is 1. The molecule has 0 heterocycles. The van der Waals surface area contributed by atoms with Gasteiger partial charge < -0.3 is 5.32 Å². The van der Waals surface area contributed by atoms with Gasteiger partial charge in [0.2, 0.25) is 0 Å². The summed E-state index contributed by atoms with van der Waals surface area (Å²) in [5, 5.41) is 3.26. The van der Waals surface area contributed by atoms with Crippen molar-refractivity contribution < 1.29 is 4.39 Å². The fourth-order valence-electron chi connectivity index (χ4n) is 1.55. The second-order valence-corrected chi connectivity index (χ2v) is 3.89. The molecule has 1 aromatic rings. The van der Waals surface area contributed by atoms with E-state index in [1.165, 1.54) is 6.07 Å². The second kappa shape index (κ2) is 7.18. The van der Waals surface area contributed by atoms with Crippen LogP contribution in [0.4, 0.5) is 4.39 Å². The quantitative estimate of drug-likeness (QED) is 0.574. The zero-order chi connectivity index (χ0) is 11.8. The fourth-order valence-corrected chi connectivity index (χ4v) is 1.55. The van der Waals surface area contributed by atoms with Crippen LogP contribution in [0.5, 0.6) is 0 Å². The van der Waals surface area contributed by atoms with Crippen LogP contribution in [0.25, 0.3) is 0 Å². The lowest BCUT2D eigenvalue weighted by molar-refractivity contribution is 0.625. The molecule has 1 N–H and O–H groups in total. The Morgan fingerprint density at radius 2 is 2.12 bits per heavy atom. The van der Waals surface area contributed by atoms with Crippen molar-refractivity contribution >= 4 is 0 Å². The highest BCUT2D eigenvalue weighted by Crippen LogP contribution is 2.11. The van der Waals surface area contributed by atoms with E-state index in [0.717, 1.165) is 37.1 Å². The van der Waals surface area contributed by atoms with Crippen molar-refractivity contribution in [1.82, 2.24) is 5.32 Å². The van der Waals surface area contributed by atoms with Gasteiger partial charge >= 0.3 is 0 Å². The second-order valence-electron chi connectivity index (χ2n) is 3.89. The van der Waals surface area contributed by atoms with E-state index in [9.17, 15) is 4.39 Å². The highest BCUT2D eigenvalue weighted by atomic mass is 19.1. The molecule has 1 nitrogen and oxygen atoms in total. The summed E-state index contributed by atoms with van der Waals surface area (Å²) < 4.78 is 13.0. The van der Waals surface area contributed by atoms with Crippen LogP contribution in [-0.2, 0) is 6.42 Å². The van der Waals surface area contributed by atoms with Gasteiger partial charge in [0.1, 0.15) is 5.82 Å². The average molecular weight is 221 g/mol. The van der Waals surface area contributed by atoms with E-state index < -0.39 is 0 Å². The Bertz CT molecular complexity index is 345. The highest BCUT2D eigenvalue weighted by Gasteiger charge is 1.97. The minimum atomic E-state index is -0.151. The molecule has 0 unspecified atom stereocenters. The number of allylic oxidation sites excluding steroid dienone is 1. The Morgan fingerprint density at radius 1 is 1.31 bits per heavy atom. The third-order valence-electron chi connectivity index (χ3n) is 2.55. The van der Waals surface area contributed by atoms with Crippen LogP contribution in [0.3, 0.4) is 0 Å². The molecule has 0 radical (unpaired) electrons. The third-order valence-corrected chi connectivity index (χ3v) is 2.55. The topological polar surface area (TPSA) is 12.0 Å². The first-order valence-corrected chi connectivity index (χ1v) is 5.84. The molecule has 16 heavy (non-hydrogen) atoms. The van der Waals surface area contributed by atoms with Crippen molar-refractivity contribution in [1.29, 1.82) is 0 Å². The van der Waals surface area contributed by atoms with Crippen LogP contribution < -0.4 is 5.32 Å². The first-order valence-electron chi connectivity index (χ1n) is 5.84. The molecule has 0 aromatic heterocycles. The Kier molecular flexibility index (Phi) is 5.79. The Balaban J connectivity index is 2.39. The summed E-state index contributed by atoms with van der Waals surface area (Å²) in [5.41, 5.74) is 2.22. The largest absolute Gasteiger partial charge is 0.317 e. The molecular weight excluding hydrogens is 201 g/mol. The summed E-state index contributed by atoms with van der Waals surface area (Å²) in [6, 6.07) is 4.95. The zero-order valence-electron chi connectivity index (χ0n) is 10.1. The molecule has 0 spiro atoms. The van der Waals surface area contributed by atoms with Crippen LogP contribution >= 0.6 is 0 Å². The normalized spacial score (nSPS) is 11.2. The van der Waals surface area contributed by atoms with Crippen molar-refractivity contribution in [3.05, 3.63) is 47.3 Å². The van der Waals surface area contributed by atoms with Crippen molar-refractivity contribution in [3.63, 3.8) is 0 Å². The average Bonchev–Trinajstić information content (AvgIpc) is 2.28. The minimum Gasteiger partial charge on any atom is -0.317 e. The minimum absolute atomic E-state index is 0.151. The lowest BCUT2D eigenvalue weighted by Crippen LogP contribution is -2.12. The fraction of sp³-hybridized carbons (Fsp3) is 0.429. The van der Waals surface area contributed by atoms with E-state index in [2.05, 4.69) is 24.4 Å². The van der Waals surface area contributed by atoms with Gasteiger partial charge in [-0.05, 0) is 56.1 Å². The van der Waals surface area contributed by atoms with Gasteiger partial charge in [-0.1, -0.05) is 25.1 Å². The molecule has 0 aliphatic carbocycles. The van der Waals surface area contributed by atoms with Crippen molar-refractivity contribution in [2.24, 2.45) is 0 Å². The first kappa shape index (κ1) is 12.9. The summed E-state index contributed by atoms with van der Waals surface area (Å²) in [5.74, 6) is -0.151. The van der Waals surface area contributed by atoms with Gasteiger partial charge in [-0.15, -0.1) is 0 Å². The Morgan fingerprint density at radius 3 is 2.88 bits per heavy atom. The van der Waals surface area contributed by atoms with Crippen LogP contribution in [0.2, 0.25) is 0 Å². The van der Waals surface area contributed by atoms with E-state index >= 15 is 0 Å². The van der Waals surface area contributed by atoms with Gasteiger partial charge in [0.15, 0.2) is 0 Å². The molecule has 0 saturated heterocycles. The standard InChI is InChI=1S/C14H20FN/c1-3-16-10-6-4-5-7-13-11-14(15)9-8-12(13)2/h4-5,8-9,11,16H,3,6-7,10H2,1-2H3/b5-4+. The lowest BCUT2D eigenvalue weighted by atomic mass is 10.1. The van der Waals surface area contributed by atoms with E-state index in [1.807, 2.05) is 13.0 Å². The predicted octanol–water partition coefficient (Wildman–Crippen LogP) is 3.23. The number of halogens is 1. The maximum absolute atomic E-state index is 13.0. The monoisotopic (exact) mass is 221 g/mol. The SMILES string of the molecule is CCNCC/C=C/Cc1cc(F)ccc1C. The number of rotatable bonds is 6. The molecule has 0 aliphatic heterocycles. The molecule has 1 aromatic carbocycles. The number of hydrogen-bond acceptors (Lipinski definition) is 1. The molecule has 2 heteroatoms. The van der Waals surface area contributed by atoms with E-state index in [-0.39, 0.29) is 5.82 Å².